The molecule has 0 radical (unpaired) electrons. The van der Waals surface area contributed by atoms with E-state index in [9.17, 15) is 9.59 Å². The van der Waals surface area contributed by atoms with E-state index < -0.39 is 18.5 Å². The minimum Gasteiger partial charge on any atom is -0.495 e. The van der Waals surface area contributed by atoms with Crippen molar-refractivity contribution in [2.24, 2.45) is 0 Å². The van der Waals surface area contributed by atoms with Gasteiger partial charge in [-0.15, -0.1) is 0 Å². The SMILES string of the molecule is COc1ccccc1Nc1ncccc1C(=O)OCC(=O)Nc1ccccc1C. The van der Waals surface area contributed by atoms with Gasteiger partial charge in [-0.1, -0.05) is 30.3 Å². The van der Waals surface area contributed by atoms with Crippen LogP contribution >= 0.6 is 0 Å². The van der Waals surface area contributed by atoms with Crippen molar-refractivity contribution in [2.75, 3.05) is 24.4 Å². The van der Waals surface area contributed by atoms with Gasteiger partial charge in [0.2, 0.25) is 0 Å². The quantitative estimate of drug-likeness (QED) is 0.593. The first-order valence-electron chi connectivity index (χ1n) is 8.96. The fraction of sp³-hybridized carbons (Fsp3) is 0.136. The van der Waals surface area contributed by atoms with Crippen molar-refractivity contribution in [3.63, 3.8) is 0 Å². The van der Waals surface area contributed by atoms with E-state index in [2.05, 4.69) is 15.6 Å². The summed E-state index contributed by atoms with van der Waals surface area (Å²) < 4.78 is 10.5. The second-order valence-electron chi connectivity index (χ2n) is 6.16. The maximum atomic E-state index is 12.5. The Morgan fingerprint density at radius 1 is 0.966 bits per heavy atom. The molecule has 148 valence electrons. The summed E-state index contributed by atoms with van der Waals surface area (Å²) in [6.45, 7) is 1.48. The van der Waals surface area contributed by atoms with Crippen LogP contribution in [0.3, 0.4) is 0 Å². The molecular weight excluding hydrogens is 370 g/mol. The van der Waals surface area contributed by atoms with Crippen LogP contribution in [0, 0.1) is 6.92 Å². The van der Waals surface area contributed by atoms with E-state index >= 15 is 0 Å². The van der Waals surface area contributed by atoms with Crippen molar-refractivity contribution >= 4 is 29.1 Å². The van der Waals surface area contributed by atoms with Crippen LogP contribution in [0.5, 0.6) is 5.75 Å². The Morgan fingerprint density at radius 2 is 1.69 bits per heavy atom. The highest BCUT2D eigenvalue weighted by atomic mass is 16.5. The number of pyridine rings is 1. The Hall–Kier alpha value is -3.87. The van der Waals surface area contributed by atoms with E-state index in [1.165, 1.54) is 0 Å². The third-order valence-electron chi connectivity index (χ3n) is 4.14. The molecule has 0 aliphatic rings. The second kappa shape index (κ2) is 9.36. The minimum atomic E-state index is -0.657. The number of rotatable bonds is 7. The van der Waals surface area contributed by atoms with Gasteiger partial charge < -0.3 is 20.1 Å². The van der Waals surface area contributed by atoms with Gasteiger partial charge in [-0.25, -0.2) is 9.78 Å². The topological polar surface area (TPSA) is 89.6 Å². The van der Waals surface area contributed by atoms with E-state index in [-0.39, 0.29) is 5.56 Å². The maximum Gasteiger partial charge on any atom is 0.342 e. The van der Waals surface area contributed by atoms with Crippen molar-refractivity contribution in [1.29, 1.82) is 0 Å². The number of amides is 1. The van der Waals surface area contributed by atoms with Crippen molar-refractivity contribution in [3.8, 4) is 5.75 Å². The fourth-order valence-electron chi connectivity index (χ4n) is 2.65. The molecule has 0 aliphatic carbocycles. The predicted molar refractivity (Wildman–Crippen MR) is 111 cm³/mol. The molecule has 1 heterocycles. The summed E-state index contributed by atoms with van der Waals surface area (Å²) in [5.41, 5.74) is 2.46. The van der Waals surface area contributed by atoms with Gasteiger partial charge >= 0.3 is 5.97 Å². The highest BCUT2D eigenvalue weighted by Gasteiger charge is 2.17. The smallest absolute Gasteiger partial charge is 0.342 e. The number of methoxy groups -OCH3 is 1. The Balaban J connectivity index is 1.67. The molecule has 3 aromatic rings. The molecule has 2 aromatic carbocycles. The van der Waals surface area contributed by atoms with E-state index in [4.69, 9.17) is 9.47 Å². The van der Waals surface area contributed by atoms with Crippen molar-refractivity contribution in [3.05, 3.63) is 78.0 Å². The van der Waals surface area contributed by atoms with E-state index in [0.29, 0.717) is 22.9 Å². The summed E-state index contributed by atoms with van der Waals surface area (Å²) in [4.78, 5) is 28.9. The second-order valence-corrected chi connectivity index (χ2v) is 6.16. The average Bonchev–Trinajstić information content (AvgIpc) is 2.74. The van der Waals surface area contributed by atoms with Crippen LogP contribution in [0.2, 0.25) is 0 Å². The summed E-state index contributed by atoms with van der Waals surface area (Å²) in [6, 6.07) is 17.8. The van der Waals surface area contributed by atoms with Gasteiger partial charge in [-0.05, 0) is 42.8 Å². The fourth-order valence-corrected chi connectivity index (χ4v) is 2.65. The highest BCUT2D eigenvalue weighted by Crippen LogP contribution is 2.27. The van der Waals surface area contributed by atoms with Gasteiger partial charge in [0, 0.05) is 11.9 Å². The number of benzene rings is 2. The minimum absolute atomic E-state index is 0.210. The predicted octanol–water partition coefficient (Wildman–Crippen LogP) is 3.94. The zero-order valence-electron chi connectivity index (χ0n) is 16.1. The van der Waals surface area contributed by atoms with Gasteiger partial charge in [0.1, 0.15) is 17.1 Å². The molecule has 0 atom stereocenters. The first-order chi connectivity index (χ1) is 14.1. The zero-order chi connectivity index (χ0) is 20.6. The van der Waals surface area contributed by atoms with Crippen molar-refractivity contribution in [1.82, 2.24) is 4.98 Å². The van der Waals surface area contributed by atoms with Crippen molar-refractivity contribution in [2.45, 2.75) is 6.92 Å². The van der Waals surface area contributed by atoms with E-state index in [1.807, 2.05) is 37.3 Å². The molecule has 1 aromatic heterocycles. The molecule has 2 N–H and O–H groups in total. The van der Waals surface area contributed by atoms with Crippen LogP contribution in [0.4, 0.5) is 17.2 Å². The lowest BCUT2D eigenvalue weighted by molar-refractivity contribution is -0.119. The number of esters is 1. The lowest BCUT2D eigenvalue weighted by Gasteiger charge is -2.13. The normalized spacial score (nSPS) is 10.1. The lowest BCUT2D eigenvalue weighted by atomic mass is 10.2. The Kier molecular flexibility index (Phi) is 6.42. The molecule has 0 fully saturated rings. The molecule has 1 amide bonds. The van der Waals surface area contributed by atoms with E-state index in [1.54, 1.807) is 43.6 Å². The van der Waals surface area contributed by atoms with Gasteiger partial charge in [0.05, 0.1) is 12.8 Å². The first-order valence-corrected chi connectivity index (χ1v) is 8.96. The number of para-hydroxylation sites is 3. The number of carbonyl (C=O) groups is 2. The number of anilines is 3. The largest absolute Gasteiger partial charge is 0.495 e. The molecule has 0 saturated heterocycles. The summed E-state index contributed by atoms with van der Waals surface area (Å²) >= 11 is 0. The lowest BCUT2D eigenvalue weighted by Crippen LogP contribution is -2.21. The third kappa shape index (κ3) is 5.10. The zero-order valence-corrected chi connectivity index (χ0v) is 16.1. The van der Waals surface area contributed by atoms with Crippen LogP contribution in [0.25, 0.3) is 0 Å². The Labute approximate surface area is 168 Å². The van der Waals surface area contributed by atoms with Gasteiger partial charge in [0.15, 0.2) is 6.61 Å². The summed E-state index contributed by atoms with van der Waals surface area (Å²) in [5.74, 6) is -0.164. The molecule has 3 rings (SSSR count). The van der Waals surface area contributed by atoms with E-state index in [0.717, 1.165) is 5.56 Å². The number of aryl methyl sites for hydroxylation is 1. The number of ether oxygens (including phenoxy) is 2. The number of hydrogen-bond donors (Lipinski definition) is 2. The molecule has 0 bridgehead atoms. The highest BCUT2D eigenvalue weighted by molar-refractivity contribution is 5.98. The summed E-state index contributed by atoms with van der Waals surface area (Å²) in [5, 5.41) is 5.79. The number of nitrogens with zero attached hydrogens (tertiary/aromatic N) is 1. The monoisotopic (exact) mass is 391 g/mol. The number of hydrogen-bond acceptors (Lipinski definition) is 6. The van der Waals surface area contributed by atoms with Crippen LogP contribution in [-0.2, 0) is 9.53 Å². The van der Waals surface area contributed by atoms with Crippen LogP contribution in [0.15, 0.2) is 66.9 Å². The first kappa shape index (κ1) is 19.9. The van der Waals surface area contributed by atoms with Gasteiger partial charge in [0.25, 0.3) is 5.91 Å². The summed E-state index contributed by atoms with van der Waals surface area (Å²) in [7, 11) is 1.56. The van der Waals surface area contributed by atoms with Crippen LogP contribution < -0.4 is 15.4 Å². The maximum absolute atomic E-state index is 12.5. The van der Waals surface area contributed by atoms with Gasteiger partial charge in [-0.3, -0.25) is 4.79 Å². The number of aromatic nitrogens is 1. The molecule has 0 spiro atoms. The molecule has 0 aliphatic heterocycles. The molecule has 7 nitrogen and oxygen atoms in total. The molecule has 29 heavy (non-hydrogen) atoms. The molecule has 7 heteroatoms. The van der Waals surface area contributed by atoms with Crippen LogP contribution in [-0.4, -0.2) is 30.6 Å². The van der Waals surface area contributed by atoms with Crippen LogP contribution in [0.1, 0.15) is 15.9 Å². The Morgan fingerprint density at radius 3 is 2.45 bits per heavy atom. The molecule has 0 saturated carbocycles. The standard InChI is InChI=1S/C22H21N3O4/c1-15-8-3-4-10-17(15)24-20(26)14-29-22(27)16-9-7-13-23-21(16)25-18-11-5-6-12-19(18)28-2/h3-13H,14H2,1-2H3,(H,23,25)(H,24,26). The number of carbonyl (C=O) groups excluding carboxylic acids is 2. The molecule has 0 unspecified atom stereocenters. The number of nitrogens with one attached hydrogen (secondary N) is 2. The Bertz CT molecular complexity index is 1020. The molecular formula is C22H21N3O4. The van der Waals surface area contributed by atoms with Gasteiger partial charge in [-0.2, -0.15) is 0 Å². The summed E-state index contributed by atoms with van der Waals surface area (Å²) in [6.07, 6.45) is 1.55. The average molecular weight is 391 g/mol. The third-order valence-corrected chi connectivity index (χ3v) is 4.14. The van der Waals surface area contributed by atoms with Crippen molar-refractivity contribution < 1.29 is 19.1 Å².